The number of rotatable bonds is 3. The summed E-state index contributed by atoms with van der Waals surface area (Å²) in [5.41, 5.74) is 7.54. The third-order valence-corrected chi connectivity index (χ3v) is 5.72. The number of hydrogen-bond acceptors (Lipinski definition) is 5. The fourth-order valence-electron chi connectivity index (χ4n) is 3.62. The lowest BCUT2D eigenvalue weighted by Gasteiger charge is -2.30. The van der Waals surface area contributed by atoms with E-state index in [1.165, 1.54) is 30.8 Å². The predicted octanol–water partition coefficient (Wildman–Crippen LogP) is 2.22. The fourth-order valence-corrected chi connectivity index (χ4v) is 4.43. The lowest BCUT2D eigenvalue weighted by Crippen LogP contribution is -2.46. The van der Waals surface area contributed by atoms with Crippen LogP contribution in [-0.4, -0.2) is 41.5 Å². The topological polar surface area (TPSA) is 71.2 Å². The number of nitrogens with zero attached hydrogens (tertiary/aromatic N) is 2. The second kappa shape index (κ2) is 5.94. The van der Waals surface area contributed by atoms with Gasteiger partial charge < -0.3 is 16.0 Å². The van der Waals surface area contributed by atoms with Gasteiger partial charge in [0, 0.05) is 31.0 Å². The molecule has 2 aliphatic heterocycles. The molecule has 4 rings (SSSR count). The van der Waals surface area contributed by atoms with E-state index in [1.54, 1.807) is 6.20 Å². The zero-order valence-electron chi connectivity index (χ0n) is 12.9. The van der Waals surface area contributed by atoms with Crippen LogP contribution in [0.4, 0.5) is 5.69 Å². The van der Waals surface area contributed by atoms with Gasteiger partial charge in [-0.1, -0.05) is 12.1 Å². The number of carbonyl (C=O) groups excluding carboxylic acids is 1. The quantitative estimate of drug-likeness (QED) is 0.848. The van der Waals surface area contributed by atoms with Crippen molar-refractivity contribution < 1.29 is 4.79 Å². The number of thiazole rings is 1. The molecule has 1 aromatic heterocycles. The molecule has 0 saturated carbocycles. The molecule has 2 aromatic rings. The molecule has 2 saturated heterocycles. The largest absolute Gasteiger partial charge is 0.399 e. The first-order chi connectivity index (χ1) is 11.2. The summed E-state index contributed by atoms with van der Waals surface area (Å²) in [4.78, 5) is 20.2. The highest BCUT2D eigenvalue weighted by Gasteiger charge is 2.33. The maximum atomic E-state index is 12.5. The van der Waals surface area contributed by atoms with E-state index >= 15 is 0 Å². The Morgan fingerprint density at radius 3 is 3.13 bits per heavy atom. The summed E-state index contributed by atoms with van der Waals surface area (Å²) in [7, 11) is 0. The molecule has 0 spiro atoms. The van der Waals surface area contributed by atoms with E-state index in [-0.39, 0.29) is 11.9 Å². The summed E-state index contributed by atoms with van der Waals surface area (Å²) in [6, 6.07) is 7.91. The molecule has 6 heteroatoms. The fraction of sp³-hybridized carbons (Fsp3) is 0.412. The van der Waals surface area contributed by atoms with Crippen LogP contribution in [0, 0.1) is 5.92 Å². The van der Waals surface area contributed by atoms with Crippen LogP contribution in [0.1, 0.15) is 22.6 Å². The van der Waals surface area contributed by atoms with Crippen LogP contribution in [0.5, 0.6) is 0 Å². The normalized spacial score (nSPS) is 26.2. The average molecular weight is 328 g/mol. The molecule has 0 aliphatic carbocycles. The Labute approximate surface area is 139 Å². The molecule has 1 aromatic carbocycles. The van der Waals surface area contributed by atoms with Gasteiger partial charge in [0.25, 0.3) is 5.91 Å². The summed E-state index contributed by atoms with van der Waals surface area (Å²) in [6.45, 7) is 3.34. The summed E-state index contributed by atoms with van der Waals surface area (Å²) >= 11 is 1.42. The molecule has 3 atom stereocenters. The van der Waals surface area contributed by atoms with Gasteiger partial charge in [-0.25, -0.2) is 4.98 Å². The number of anilines is 1. The molecule has 2 fully saturated rings. The number of carbonyl (C=O) groups is 1. The standard InChI is InChI=1S/C17H20N4OS/c18-13-3-1-2-12(7-13)15-8-19-17(23-15)16(22)20-14-6-11-4-5-21(9-11)10-14/h1-3,7-8,11,14H,4-6,9-10,18H2,(H,20,22)/t11-,14-/m1/s1. The van der Waals surface area contributed by atoms with Crippen LogP contribution in [0.15, 0.2) is 30.5 Å². The molecule has 23 heavy (non-hydrogen) atoms. The van der Waals surface area contributed by atoms with E-state index in [4.69, 9.17) is 5.73 Å². The molecule has 1 amide bonds. The number of fused-ring (bicyclic) bond motifs is 2. The summed E-state index contributed by atoms with van der Waals surface area (Å²) in [6.07, 6.45) is 4.11. The van der Waals surface area contributed by atoms with Crippen molar-refractivity contribution in [2.24, 2.45) is 5.92 Å². The van der Waals surface area contributed by atoms with E-state index in [2.05, 4.69) is 15.2 Å². The van der Waals surface area contributed by atoms with Gasteiger partial charge in [0.15, 0.2) is 5.01 Å². The number of nitrogens with one attached hydrogen (secondary N) is 1. The van der Waals surface area contributed by atoms with Crippen LogP contribution >= 0.6 is 11.3 Å². The minimum atomic E-state index is -0.0577. The molecule has 0 radical (unpaired) electrons. The molecule has 1 unspecified atom stereocenters. The molecular formula is C17H20N4OS. The molecule has 3 N–H and O–H groups in total. The zero-order valence-corrected chi connectivity index (χ0v) is 13.7. The number of hydrogen-bond donors (Lipinski definition) is 2. The monoisotopic (exact) mass is 328 g/mol. The Kier molecular flexibility index (Phi) is 3.79. The average Bonchev–Trinajstić information content (AvgIpc) is 3.14. The number of amides is 1. The van der Waals surface area contributed by atoms with Crippen molar-refractivity contribution in [2.45, 2.75) is 18.9 Å². The van der Waals surface area contributed by atoms with E-state index in [1.807, 2.05) is 24.3 Å². The van der Waals surface area contributed by atoms with E-state index in [0.717, 1.165) is 29.3 Å². The van der Waals surface area contributed by atoms with Gasteiger partial charge in [-0.2, -0.15) is 0 Å². The molecule has 3 heterocycles. The first-order valence-corrected chi connectivity index (χ1v) is 8.84. The van der Waals surface area contributed by atoms with Crippen LogP contribution in [0.3, 0.4) is 0 Å². The number of aromatic nitrogens is 1. The van der Waals surface area contributed by atoms with Crippen molar-refractivity contribution in [3.05, 3.63) is 35.5 Å². The Hall–Kier alpha value is -1.92. The maximum absolute atomic E-state index is 12.5. The van der Waals surface area contributed by atoms with Gasteiger partial charge >= 0.3 is 0 Å². The van der Waals surface area contributed by atoms with Crippen LogP contribution < -0.4 is 11.1 Å². The number of nitrogens with two attached hydrogens (primary N) is 1. The minimum absolute atomic E-state index is 0.0577. The van der Waals surface area contributed by atoms with E-state index < -0.39 is 0 Å². The lowest BCUT2D eigenvalue weighted by atomic mass is 9.97. The lowest BCUT2D eigenvalue weighted by molar-refractivity contribution is 0.0909. The molecule has 2 bridgehead atoms. The Morgan fingerprint density at radius 1 is 1.39 bits per heavy atom. The van der Waals surface area contributed by atoms with Gasteiger partial charge in [-0.05, 0) is 43.0 Å². The first-order valence-electron chi connectivity index (χ1n) is 8.02. The molecule has 2 aliphatic rings. The van der Waals surface area contributed by atoms with Crippen molar-refractivity contribution in [2.75, 3.05) is 25.4 Å². The zero-order chi connectivity index (χ0) is 15.8. The van der Waals surface area contributed by atoms with Crippen molar-refractivity contribution in [1.82, 2.24) is 15.2 Å². The number of benzene rings is 1. The first kappa shape index (κ1) is 14.7. The van der Waals surface area contributed by atoms with E-state index in [0.29, 0.717) is 10.7 Å². The molecular weight excluding hydrogens is 308 g/mol. The van der Waals surface area contributed by atoms with Gasteiger partial charge in [0.2, 0.25) is 0 Å². The SMILES string of the molecule is Nc1cccc(-c2cnc(C(=O)N[C@@H]3C[C@H]4CCN(C4)C3)s2)c1. The number of piperidine rings is 1. The highest BCUT2D eigenvalue weighted by atomic mass is 32.1. The second-order valence-electron chi connectivity index (χ2n) is 6.48. The highest BCUT2D eigenvalue weighted by Crippen LogP contribution is 2.29. The van der Waals surface area contributed by atoms with E-state index in [9.17, 15) is 4.79 Å². The second-order valence-corrected chi connectivity index (χ2v) is 7.51. The molecule has 120 valence electrons. The van der Waals surface area contributed by atoms with Crippen LogP contribution in [-0.2, 0) is 0 Å². The Bertz CT molecular complexity index is 717. The molecule has 5 nitrogen and oxygen atoms in total. The van der Waals surface area contributed by atoms with Gasteiger partial charge in [0.05, 0.1) is 4.88 Å². The smallest absolute Gasteiger partial charge is 0.280 e. The van der Waals surface area contributed by atoms with Gasteiger partial charge in [0.1, 0.15) is 0 Å². The van der Waals surface area contributed by atoms with Gasteiger partial charge in [-0.3, -0.25) is 4.79 Å². The summed E-state index contributed by atoms with van der Waals surface area (Å²) in [5, 5.41) is 3.68. The maximum Gasteiger partial charge on any atom is 0.280 e. The predicted molar refractivity (Wildman–Crippen MR) is 92.4 cm³/mol. The van der Waals surface area contributed by atoms with Crippen molar-refractivity contribution in [3.8, 4) is 10.4 Å². The third-order valence-electron chi connectivity index (χ3n) is 4.67. The van der Waals surface area contributed by atoms with Crippen LogP contribution in [0.2, 0.25) is 0 Å². The van der Waals surface area contributed by atoms with Crippen molar-refractivity contribution in [3.63, 3.8) is 0 Å². The van der Waals surface area contributed by atoms with Crippen molar-refractivity contribution >= 4 is 22.9 Å². The van der Waals surface area contributed by atoms with Crippen molar-refractivity contribution in [1.29, 1.82) is 0 Å². The number of nitrogen functional groups attached to an aromatic ring is 1. The summed E-state index contributed by atoms with van der Waals surface area (Å²) in [5.74, 6) is 0.686. The third kappa shape index (κ3) is 3.09. The highest BCUT2D eigenvalue weighted by molar-refractivity contribution is 7.17. The Morgan fingerprint density at radius 2 is 2.30 bits per heavy atom. The van der Waals surface area contributed by atoms with Gasteiger partial charge in [-0.15, -0.1) is 11.3 Å². The summed E-state index contributed by atoms with van der Waals surface area (Å²) < 4.78 is 0. The Balaban J connectivity index is 1.45. The van der Waals surface area contributed by atoms with Crippen LogP contribution in [0.25, 0.3) is 10.4 Å². The minimum Gasteiger partial charge on any atom is -0.399 e.